The van der Waals surface area contributed by atoms with E-state index in [-0.39, 0.29) is 0 Å². The first-order valence-corrected chi connectivity index (χ1v) is 5.65. The molecule has 0 saturated carbocycles. The van der Waals surface area contributed by atoms with Crippen LogP contribution in [0.3, 0.4) is 0 Å². The van der Waals surface area contributed by atoms with Gasteiger partial charge in [-0.2, -0.15) is 0 Å². The fourth-order valence-electron chi connectivity index (χ4n) is 2.12. The highest BCUT2D eigenvalue weighted by Gasteiger charge is 2.05. The highest BCUT2D eigenvalue weighted by Crippen LogP contribution is 2.24. The van der Waals surface area contributed by atoms with Crippen molar-refractivity contribution in [2.75, 3.05) is 0 Å². The molecule has 2 aromatic carbocycles. The molecule has 0 fully saturated rings. The van der Waals surface area contributed by atoms with Crippen molar-refractivity contribution >= 4 is 10.8 Å². The average Bonchev–Trinajstić information content (AvgIpc) is 2.22. The van der Waals surface area contributed by atoms with Crippen molar-refractivity contribution < 1.29 is 0 Å². The fraction of sp³-hybridized carbons (Fsp3) is 0.333. The SMILES string of the molecule is Cc1ccc2ccccc2c1CC(C)C. The number of hydrogen-bond acceptors (Lipinski definition) is 0. The minimum absolute atomic E-state index is 0.717. The van der Waals surface area contributed by atoms with E-state index in [4.69, 9.17) is 0 Å². The maximum absolute atomic E-state index is 2.28. The zero-order valence-corrected chi connectivity index (χ0v) is 9.75. The molecular formula is C15H18. The second-order valence-corrected chi connectivity index (χ2v) is 4.68. The Balaban J connectivity index is 2.63. The van der Waals surface area contributed by atoms with Crippen LogP contribution in [0.5, 0.6) is 0 Å². The van der Waals surface area contributed by atoms with Crippen LogP contribution in [-0.4, -0.2) is 0 Å². The standard InChI is InChI=1S/C15H18/c1-11(2)10-15-12(3)8-9-13-6-4-5-7-14(13)15/h4-9,11H,10H2,1-3H3. The molecule has 0 aliphatic carbocycles. The topological polar surface area (TPSA) is 0 Å². The third kappa shape index (κ3) is 2.04. The molecule has 0 saturated heterocycles. The molecule has 15 heavy (non-hydrogen) atoms. The Bertz CT molecular complexity index is 466. The summed E-state index contributed by atoms with van der Waals surface area (Å²) in [6.45, 7) is 6.77. The summed E-state index contributed by atoms with van der Waals surface area (Å²) in [7, 11) is 0. The zero-order valence-electron chi connectivity index (χ0n) is 9.75. The number of fused-ring (bicyclic) bond motifs is 1. The second kappa shape index (κ2) is 4.06. The summed E-state index contributed by atoms with van der Waals surface area (Å²) in [4.78, 5) is 0. The van der Waals surface area contributed by atoms with Gasteiger partial charge >= 0.3 is 0 Å². The monoisotopic (exact) mass is 198 g/mol. The maximum Gasteiger partial charge on any atom is -0.0149 e. The van der Waals surface area contributed by atoms with Crippen LogP contribution < -0.4 is 0 Å². The molecule has 0 aliphatic heterocycles. The number of aryl methyl sites for hydroxylation is 1. The van der Waals surface area contributed by atoms with Crippen LogP contribution in [0.15, 0.2) is 36.4 Å². The van der Waals surface area contributed by atoms with Crippen LogP contribution in [0.2, 0.25) is 0 Å². The minimum Gasteiger partial charge on any atom is -0.0625 e. The third-order valence-corrected chi connectivity index (χ3v) is 2.89. The molecule has 0 radical (unpaired) electrons. The molecular weight excluding hydrogens is 180 g/mol. The van der Waals surface area contributed by atoms with Gasteiger partial charge in [-0.15, -0.1) is 0 Å². The fourth-order valence-corrected chi connectivity index (χ4v) is 2.12. The van der Waals surface area contributed by atoms with Gasteiger partial charge in [0, 0.05) is 0 Å². The molecule has 0 amide bonds. The summed E-state index contributed by atoms with van der Waals surface area (Å²) in [6, 6.07) is 13.1. The molecule has 2 rings (SSSR count). The van der Waals surface area contributed by atoms with Crippen LogP contribution in [0.25, 0.3) is 10.8 Å². The minimum atomic E-state index is 0.717. The van der Waals surface area contributed by atoms with Gasteiger partial charge in [0.1, 0.15) is 0 Å². The summed E-state index contributed by atoms with van der Waals surface area (Å²) < 4.78 is 0. The molecule has 0 heteroatoms. The first-order valence-electron chi connectivity index (χ1n) is 5.65. The number of hydrogen-bond donors (Lipinski definition) is 0. The van der Waals surface area contributed by atoms with Crippen LogP contribution in [0.1, 0.15) is 25.0 Å². The van der Waals surface area contributed by atoms with Gasteiger partial charge in [-0.3, -0.25) is 0 Å². The summed E-state index contributed by atoms with van der Waals surface area (Å²) in [5.74, 6) is 0.717. The zero-order chi connectivity index (χ0) is 10.8. The summed E-state index contributed by atoms with van der Waals surface area (Å²) >= 11 is 0. The summed E-state index contributed by atoms with van der Waals surface area (Å²) in [5.41, 5.74) is 2.94. The van der Waals surface area contributed by atoms with Crippen molar-refractivity contribution in [2.24, 2.45) is 5.92 Å². The van der Waals surface area contributed by atoms with E-state index in [9.17, 15) is 0 Å². The van der Waals surface area contributed by atoms with Gasteiger partial charge in [-0.25, -0.2) is 0 Å². The molecule has 0 bridgehead atoms. The predicted molar refractivity (Wildman–Crippen MR) is 67.2 cm³/mol. The first-order chi connectivity index (χ1) is 7.18. The van der Waals surface area contributed by atoms with Crippen molar-refractivity contribution in [1.29, 1.82) is 0 Å². The lowest BCUT2D eigenvalue weighted by molar-refractivity contribution is 0.648. The van der Waals surface area contributed by atoms with Crippen molar-refractivity contribution in [3.05, 3.63) is 47.5 Å². The third-order valence-electron chi connectivity index (χ3n) is 2.89. The molecule has 78 valence electrons. The van der Waals surface area contributed by atoms with Gasteiger partial charge in [0.05, 0.1) is 0 Å². The lowest BCUT2D eigenvalue weighted by Gasteiger charge is -2.12. The molecule has 0 atom stereocenters. The van der Waals surface area contributed by atoms with Crippen molar-refractivity contribution in [3.8, 4) is 0 Å². The highest BCUT2D eigenvalue weighted by molar-refractivity contribution is 5.86. The Morgan fingerprint density at radius 1 is 1.00 bits per heavy atom. The maximum atomic E-state index is 2.28. The lowest BCUT2D eigenvalue weighted by Crippen LogP contribution is -1.97. The van der Waals surface area contributed by atoms with E-state index in [1.807, 2.05) is 0 Å². The van der Waals surface area contributed by atoms with E-state index < -0.39 is 0 Å². The Hall–Kier alpha value is -1.30. The van der Waals surface area contributed by atoms with Crippen LogP contribution in [0, 0.1) is 12.8 Å². The van der Waals surface area contributed by atoms with E-state index in [0.29, 0.717) is 0 Å². The molecule has 0 N–H and O–H groups in total. The Morgan fingerprint density at radius 2 is 1.73 bits per heavy atom. The van der Waals surface area contributed by atoms with Gasteiger partial charge in [-0.1, -0.05) is 50.2 Å². The molecule has 0 unspecified atom stereocenters. The van der Waals surface area contributed by atoms with E-state index in [1.54, 1.807) is 0 Å². The molecule has 0 spiro atoms. The summed E-state index contributed by atoms with van der Waals surface area (Å²) in [5, 5.41) is 2.78. The van der Waals surface area contributed by atoms with E-state index in [1.165, 1.54) is 28.3 Å². The van der Waals surface area contributed by atoms with Gasteiger partial charge < -0.3 is 0 Å². The van der Waals surface area contributed by atoms with Crippen molar-refractivity contribution in [1.82, 2.24) is 0 Å². The molecule has 0 nitrogen and oxygen atoms in total. The van der Waals surface area contributed by atoms with Gasteiger partial charge in [0.25, 0.3) is 0 Å². The average molecular weight is 198 g/mol. The smallest absolute Gasteiger partial charge is 0.0149 e. The van der Waals surface area contributed by atoms with E-state index >= 15 is 0 Å². The van der Waals surface area contributed by atoms with Crippen LogP contribution in [0.4, 0.5) is 0 Å². The first kappa shape index (κ1) is 10.2. The van der Waals surface area contributed by atoms with Crippen LogP contribution >= 0.6 is 0 Å². The van der Waals surface area contributed by atoms with Gasteiger partial charge in [0.2, 0.25) is 0 Å². The van der Waals surface area contributed by atoms with Crippen LogP contribution in [-0.2, 0) is 6.42 Å². The number of benzene rings is 2. The molecule has 0 aliphatic rings. The van der Waals surface area contributed by atoms with Gasteiger partial charge in [0.15, 0.2) is 0 Å². The molecule has 0 heterocycles. The quantitative estimate of drug-likeness (QED) is 0.673. The number of rotatable bonds is 2. The predicted octanol–water partition coefficient (Wildman–Crippen LogP) is 4.35. The molecule has 0 aromatic heterocycles. The Kier molecular flexibility index (Phi) is 2.77. The van der Waals surface area contributed by atoms with E-state index in [2.05, 4.69) is 57.2 Å². The highest BCUT2D eigenvalue weighted by atomic mass is 14.1. The largest absolute Gasteiger partial charge is 0.0625 e. The van der Waals surface area contributed by atoms with Crippen molar-refractivity contribution in [2.45, 2.75) is 27.2 Å². The molecule has 2 aromatic rings. The van der Waals surface area contributed by atoms with E-state index in [0.717, 1.165) is 5.92 Å². The second-order valence-electron chi connectivity index (χ2n) is 4.68. The normalized spacial score (nSPS) is 11.2. The lowest BCUT2D eigenvalue weighted by atomic mass is 9.93. The Labute approximate surface area is 91.9 Å². The Morgan fingerprint density at radius 3 is 2.47 bits per heavy atom. The summed E-state index contributed by atoms with van der Waals surface area (Å²) in [6.07, 6.45) is 1.17. The van der Waals surface area contributed by atoms with Gasteiger partial charge in [-0.05, 0) is 41.2 Å². The van der Waals surface area contributed by atoms with Crippen molar-refractivity contribution in [3.63, 3.8) is 0 Å².